The van der Waals surface area contributed by atoms with Gasteiger partial charge in [-0.05, 0) is 43.2 Å². The first-order valence-electron chi connectivity index (χ1n) is 10.6. The molecule has 3 rings (SSSR count). The number of anilines is 1. The maximum absolute atomic E-state index is 12.4. The fourth-order valence-electron chi connectivity index (χ4n) is 3.28. The molecule has 11 heteroatoms. The van der Waals surface area contributed by atoms with Crippen molar-refractivity contribution in [2.24, 2.45) is 0 Å². The van der Waals surface area contributed by atoms with E-state index in [-0.39, 0.29) is 11.8 Å². The number of halogens is 3. The zero-order chi connectivity index (χ0) is 23.5. The van der Waals surface area contributed by atoms with Crippen molar-refractivity contribution in [2.75, 3.05) is 43.9 Å². The van der Waals surface area contributed by atoms with Crippen molar-refractivity contribution >= 4 is 42.1 Å². The summed E-state index contributed by atoms with van der Waals surface area (Å²) in [5, 5.41) is 3.44. The van der Waals surface area contributed by atoms with Crippen molar-refractivity contribution in [3.8, 4) is 5.75 Å². The third-order valence-electron chi connectivity index (χ3n) is 4.88. The molecule has 1 saturated heterocycles. The molecule has 0 saturated carbocycles. The number of thioether (sulfide) groups is 1. The van der Waals surface area contributed by atoms with Crippen LogP contribution in [0.4, 0.5) is 18.9 Å². The zero-order valence-electron chi connectivity index (χ0n) is 17.9. The normalized spacial score (nSPS) is 16.2. The molecule has 0 spiro atoms. The number of nitrogens with one attached hydrogen (secondary N) is 1. The summed E-state index contributed by atoms with van der Waals surface area (Å²) in [6.07, 6.45) is 1.85. The zero-order valence-corrected chi connectivity index (χ0v) is 20.4. The fourth-order valence-corrected chi connectivity index (χ4v) is 4.65. The second-order valence-corrected chi connectivity index (χ2v) is 9.80. The molecule has 1 heterocycles. The Kier molecular flexibility index (Phi) is 10.9. The Hall–Kier alpha value is -1.24. The van der Waals surface area contributed by atoms with Crippen LogP contribution in [0.15, 0.2) is 58.3 Å². The molecule has 0 amide bonds. The average molecular weight is 521 g/mol. The molecule has 1 atom stereocenters. The first kappa shape index (κ1) is 26.4. The highest BCUT2D eigenvalue weighted by Crippen LogP contribution is 2.35. The minimum atomic E-state index is -4.56. The van der Waals surface area contributed by atoms with E-state index < -0.39 is 17.6 Å². The van der Waals surface area contributed by atoms with Crippen molar-refractivity contribution in [3.05, 3.63) is 48.5 Å². The first-order valence-corrected chi connectivity index (χ1v) is 12.7. The van der Waals surface area contributed by atoms with Crippen LogP contribution in [0.25, 0.3) is 0 Å². The van der Waals surface area contributed by atoms with Gasteiger partial charge in [0.05, 0.1) is 12.3 Å². The lowest BCUT2D eigenvalue weighted by Gasteiger charge is -2.25. The second kappa shape index (κ2) is 13.6. The van der Waals surface area contributed by atoms with Gasteiger partial charge >= 0.3 is 5.51 Å². The fraction of sp³-hybridized carbons (Fsp3) is 0.455. The van der Waals surface area contributed by atoms with Crippen molar-refractivity contribution in [1.82, 2.24) is 4.90 Å². The summed E-state index contributed by atoms with van der Waals surface area (Å²) in [4.78, 5) is 9.05. The van der Waals surface area contributed by atoms with Gasteiger partial charge in [0.1, 0.15) is 0 Å². The SMILES string of the molecule is FC(F)(F)SOOc1cc(S)ccc1NC(CCN1CCCOCC1)CSc1ccccc1. The highest BCUT2D eigenvalue weighted by atomic mass is 32.2. The molecule has 1 aliphatic rings. The van der Waals surface area contributed by atoms with E-state index >= 15 is 0 Å². The number of thiol groups is 1. The van der Waals surface area contributed by atoms with Crippen LogP contribution in [-0.4, -0.2) is 55.1 Å². The molecule has 33 heavy (non-hydrogen) atoms. The predicted octanol–water partition coefficient (Wildman–Crippen LogP) is 6.14. The van der Waals surface area contributed by atoms with Gasteiger partial charge in [-0.25, -0.2) is 0 Å². The van der Waals surface area contributed by atoms with Crippen LogP contribution in [0.1, 0.15) is 12.8 Å². The Morgan fingerprint density at radius 1 is 1.12 bits per heavy atom. The summed E-state index contributed by atoms with van der Waals surface area (Å²) in [7, 11) is 0. The molecule has 1 unspecified atom stereocenters. The Labute approximate surface area is 206 Å². The predicted molar refractivity (Wildman–Crippen MR) is 130 cm³/mol. The van der Waals surface area contributed by atoms with E-state index in [0.29, 0.717) is 10.6 Å². The summed E-state index contributed by atoms with van der Waals surface area (Å²) >= 11 is 5.29. The van der Waals surface area contributed by atoms with Gasteiger partial charge in [-0.15, -0.1) is 28.7 Å². The van der Waals surface area contributed by atoms with Crippen molar-refractivity contribution in [3.63, 3.8) is 0 Å². The Balaban J connectivity index is 1.66. The van der Waals surface area contributed by atoms with Gasteiger partial charge in [-0.1, -0.05) is 18.2 Å². The molecule has 1 N–H and O–H groups in total. The van der Waals surface area contributed by atoms with Crippen LogP contribution in [-0.2, 0) is 9.07 Å². The first-order chi connectivity index (χ1) is 15.9. The molecule has 1 fully saturated rings. The van der Waals surface area contributed by atoms with Crippen LogP contribution in [0.2, 0.25) is 0 Å². The van der Waals surface area contributed by atoms with Crippen LogP contribution in [0, 0.1) is 0 Å². The molecule has 1 aliphatic heterocycles. The van der Waals surface area contributed by atoms with Gasteiger partial charge in [-0.2, -0.15) is 13.2 Å². The monoisotopic (exact) mass is 520 g/mol. The third kappa shape index (κ3) is 10.3. The lowest BCUT2D eigenvalue weighted by atomic mass is 10.2. The molecule has 0 aliphatic carbocycles. The molecule has 0 aromatic heterocycles. The highest BCUT2D eigenvalue weighted by Gasteiger charge is 2.31. The summed E-state index contributed by atoms with van der Waals surface area (Å²) in [6, 6.07) is 15.1. The van der Waals surface area contributed by atoms with Gasteiger partial charge in [0, 0.05) is 47.8 Å². The number of ether oxygens (including phenoxy) is 1. The maximum atomic E-state index is 12.4. The molecule has 0 bridgehead atoms. The molecule has 2 aromatic carbocycles. The molecular weight excluding hydrogens is 493 g/mol. The lowest BCUT2D eigenvalue weighted by Crippen LogP contribution is -2.33. The topological polar surface area (TPSA) is 43.0 Å². The van der Waals surface area contributed by atoms with Gasteiger partial charge in [0.2, 0.25) is 0 Å². The average Bonchev–Trinajstić information content (AvgIpc) is 3.06. The standard InChI is InChI=1S/C22H27F3N2O3S3/c23-22(24,25)33-30-29-21-15-18(31)7-8-20(21)26-17(16-32-19-5-2-1-3-6-19)9-11-27-10-4-13-28-14-12-27/h1-3,5-8,15,17,26,31H,4,9-14,16H2. The van der Waals surface area contributed by atoms with Gasteiger partial charge in [-0.3, -0.25) is 0 Å². The number of nitrogens with zero attached hydrogens (tertiary/aromatic N) is 1. The number of benzene rings is 2. The summed E-state index contributed by atoms with van der Waals surface area (Å²) < 4.78 is 47.2. The molecular formula is C22H27F3N2O3S3. The smallest absolute Gasteiger partial charge is 0.380 e. The van der Waals surface area contributed by atoms with Crippen molar-refractivity contribution in [2.45, 2.75) is 34.2 Å². The Morgan fingerprint density at radius 2 is 1.94 bits per heavy atom. The van der Waals surface area contributed by atoms with Gasteiger partial charge in [0.15, 0.2) is 17.8 Å². The Bertz CT molecular complexity index is 839. The van der Waals surface area contributed by atoms with Crippen molar-refractivity contribution in [1.29, 1.82) is 0 Å². The van der Waals surface area contributed by atoms with E-state index in [1.165, 1.54) is 6.07 Å². The number of hydrogen-bond donors (Lipinski definition) is 2. The second-order valence-electron chi connectivity index (χ2n) is 7.42. The largest absolute Gasteiger partial charge is 0.471 e. The van der Waals surface area contributed by atoms with Crippen LogP contribution < -0.4 is 10.2 Å². The summed E-state index contributed by atoms with van der Waals surface area (Å²) in [6.45, 7) is 4.28. The lowest BCUT2D eigenvalue weighted by molar-refractivity contribution is -0.106. The van der Waals surface area contributed by atoms with Gasteiger partial charge < -0.3 is 19.8 Å². The van der Waals surface area contributed by atoms with Crippen molar-refractivity contribution < 1.29 is 27.1 Å². The van der Waals surface area contributed by atoms with E-state index in [0.717, 1.165) is 56.3 Å². The Morgan fingerprint density at radius 3 is 2.73 bits per heavy atom. The summed E-state index contributed by atoms with van der Waals surface area (Å²) in [5.41, 5.74) is -4.01. The van der Waals surface area contributed by atoms with E-state index in [9.17, 15) is 13.2 Å². The quantitative estimate of drug-likeness (QED) is 0.121. The molecule has 182 valence electrons. The maximum Gasteiger partial charge on any atom is 0.471 e. The van der Waals surface area contributed by atoms with Gasteiger partial charge in [0.25, 0.3) is 0 Å². The van der Waals surface area contributed by atoms with Crippen LogP contribution in [0.3, 0.4) is 0 Å². The summed E-state index contributed by atoms with van der Waals surface area (Å²) in [5.74, 6) is 0.923. The minimum Gasteiger partial charge on any atom is -0.380 e. The third-order valence-corrected chi connectivity index (χ3v) is 6.66. The van der Waals surface area contributed by atoms with E-state index in [4.69, 9.17) is 9.62 Å². The van der Waals surface area contributed by atoms with Crippen LogP contribution >= 0.6 is 36.4 Å². The van der Waals surface area contributed by atoms with E-state index in [1.807, 2.05) is 18.2 Å². The number of rotatable bonds is 11. The van der Waals surface area contributed by atoms with E-state index in [1.54, 1.807) is 23.9 Å². The molecule has 5 nitrogen and oxygen atoms in total. The molecule has 2 aromatic rings. The van der Waals surface area contributed by atoms with E-state index in [2.05, 4.69) is 39.3 Å². The van der Waals surface area contributed by atoms with Crippen LogP contribution in [0.5, 0.6) is 5.75 Å². The minimum absolute atomic E-state index is 0.0442. The molecule has 0 radical (unpaired) electrons. The highest BCUT2D eigenvalue weighted by molar-refractivity contribution is 7.99. The number of alkyl halides is 3. The number of hydrogen-bond acceptors (Lipinski definition) is 8.